The Kier molecular flexibility index (Phi) is 4.76. The topological polar surface area (TPSA) is 57.8 Å². The lowest BCUT2D eigenvalue weighted by atomic mass is 10.1. The largest absolute Gasteiger partial charge is 0.346 e. The monoisotopic (exact) mass is 341 g/mol. The minimum Gasteiger partial charge on any atom is -0.346 e. The number of carbonyl (C=O) groups is 1. The zero-order valence-electron chi connectivity index (χ0n) is 10.9. The van der Waals surface area contributed by atoms with Gasteiger partial charge in [-0.15, -0.1) is 11.3 Å². The molecular weight excluding hydrogens is 326 g/mol. The van der Waals surface area contributed by atoms with E-state index in [1.54, 1.807) is 11.3 Å². The molecule has 0 atom stereocenters. The lowest BCUT2D eigenvalue weighted by Gasteiger charge is -2.00. The zero-order valence-corrected chi connectivity index (χ0v) is 13.3. The molecule has 2 heterocycles. The van der Waals surface area contributed by atoms with Gasteiger partial charge in [0.25, 0.3) is 5.91 Å². The molecule has 0 fully saturated rings. The van der Waals surface area contributed by atoms with Crippen LogP contribution in [0.1, 0.15) is 34.9 Å². The first-order chi connectivity index (χ1) is 9.04. The molecule has 0 unspecified atom stereocenters. The Balaban J connectivity index is 1.90. The highest BCUT2D eigenvalue weighted by molar-refractivity contribution is 9.10. The van der Waals surface area contributed by atoms with Gasteiger partial charge in [-0.2, -0.15) is 5.10 Å². The summed E-state index contributed by atoms with van der Waals surface area (Å²) in [5.74, 6) is 0.399. The number of hydrogen-bond acceptors (Lipinski definition) is 3. The Bertz CT molecular complexity index is 562. The summed E-state index contributed by atoms with van der Waals surface area (Å²) in [6.07, 6.45) is 0.901. The van der Waals surface area contributed by atoms with Gasteiger partial charge in [-0.3, -0.25) is 9.89 Å². The van der Waals surface area contributed by atoms with E-state index in [0.717, 1.165) is 21.5 Å². The molecule has 0 aliphatic heterocycles. The second-order valence-electron chi connectivity index (χ2n) is 4.79. The molecule has 0 saturated heterocycles. The summed E-state index contributed by atoms with van der Waals surface area (Å²) in [6, 6.07) is 3.82. The highest BCUT2D eigenvalue weighted by atomic mass is 79.9. The molecular formula is C13H16BrN3OS. The fourth-order valence-electron chi connectivity index (χ4n) is 1.73. The number of carbonyl (C=O) groups excluding carboxylic acids is 1. The van der Waals surface area contributed by atoms with Gasteiger partial charge in [0, 0.05) is 20.4 Å². The molecule has 0 radical (unpaired) electrons. The quantitative estimate of drug-likeness (QED) is 0.875. The second-order valence-corrected chi connectivity index (χ2v) is 6.70. The van der Waals surface area contributed by atoms with Crippen LogP contribution >= 0.6 is 27.3 Å². The molecule has 2 N–H and O–H groups in total. The number of amides is 1. The third kappa shape index (κ3) is 4.18. The van der Waals surface area contributed by atoms with Gasteiger partial charge in [-0.25, -0.2) is 0 Å². The highest BCUT2D eigenvalue weighted by Crippen LogP contribution is 2.19. The van der Waals surface area contributed by atoms with Crippen molar-refractivity contribution in [3.8, 4) is 0 Å². The van der Waals surface area contributed by atoms with Gasteiger partial charge in [0.05, 0.1) is 6.54 Å². The van der Waals surface area contributed by atoms with E-state index in [0.29, 0.717) is 18.2 Å². The average Bonchev–Trinajstić information content (AvgIpc) is 2.95. The second kappa shape index (κ2) is 6.34. The van der Waals surface area contributed by atoms with Crippen LogP contribution < -0.4 is 5.32 Å². The van der Waals surface area contributed by atoms with Crippen molar-refractivity contribution in [1.82, 2.24) is 15.5 Å². The number of rotatable bonds is 5. The number of hydrogen-bond donors (Lipinski definition) is 2. The summed E-state index contributed by atoms with van der Waals surface area (Å²) in [5.41, 5.74) is 1.45. The number of aromatic amines is 1. The van der Waals surface area contributed by atoms with Crippen LogP contribution in [0.4, 0.5) is 0 Å². The van der Waals surface area contributed by atoms with Gasteiger partial charge in [-0.05, 0) is 40.4 Å². The van der Waals surface area contributed by atoms with Gasteiger partial charge < -0.3 is 5.32 Å². The molecule has 1 amide bonds. The van der Waals surface area contributed by atoms with E-state index in [1.165, 1.54) is 0 Å². The fraction of sp³-hybridized carbons (Fsp3) is 0.385. The Hall–Kier alpha value is -1.14. The van der Waals surface area contributed by atoms with Gasteiger partial charge in [0.1, 0.15) is 5.69 Å². The van der Waals surface area contributed by atoms with Gasteiger partial charge in [-0.1, -0.05) is 13.8 Å². The normalized spacial score (nSPS) is 10.9. The summed E-state index contributed by atoms with van der Waals surface area (Å²) in [5, 5.41) is 11.8. The maximum atomic E-state index is 11.9. The molecule has 102 valence electrons. The minimum atomic E-state index is -0.143. The van der Waals surface area contributed by atoms with E-state index in [2.05, 4.69) is 45.3 Å². The van der Waals surface area contributed by atoms with Crippen LogP contribution in [0.3, 0.4) is 0 Å². The van der Waals surface area contributed by atoms with Crippen molar-refractivity contribution in [3.05, 3.63) is 38.3 Å². The molecule has 0 aliphatic carbocycles. The lowest BCUT2D eigenvalue weighted by molar-refractivity contribution is 0.0946. The summed E-state index contributed by atoms with van der Waals surface area (Å²) >= 11 is 5.00. The smallest absolute Gasteiger partial charge is 0.272 e. The molecule has 0 bridgehead atoms. The lowest BCUT2D eigenvalue weighted by Crippen LogP contribution is -2.22. The standard InChI is InChI=1S/C13H16BrN3OS/c1-8(2)3-10-5-12(17-16-10)13(18)15-6-11-4-9(14)7-19-11/h4-5,7-8H,3,6H2,1-2H3,(H,15,18)(H,16,17). The van der Waals surface area contributed by atoms with Crippen LogP contribution in [0.15, 0.2) is 22.0 Å². The summed E-state index contributed by atoms with van der Waals surface area (Å²) in [6.45, 7) is 4.80. The summed E-state index contributed by atoms with van der Waals surface area (Å²) in [4.78, 5) is 13.0. The third-order valence-corrected chi connectivity index (χ3v) is 4.23. The Labute approximate surface area is 124 Å². The van der Waals surface area contributed by atoms with Gasteiger partial charge in [0.15, 0.2) is 0 Å². The molecule has 2 aromatic heterocycles. The van der Waals surface area contributed by atoms with E-state index < -0.39 is 0 Å². The number of halogens is 1. The van der Waals surface area contributed by atoms with Gasteiger partial charge in [0.2, 0.25) is 0 Å². The first kappa shape index (κ1) is 14.3. The minimum absolute atomic E-state index is 0.143. The molecule has 2 aromatic rings. The maximum Gasteiger partial charge on any atom is 0.272 e. The first-order valence-electron chi connectivity index (χ1n) is 6.10. The van der Waals surface area contributed by atoms with Crippen molar-refractivity contribution in [3.63, 3.8) is 0 Å². The van der Waals surface area contributed by atoms with Crippen molar-refractivity contribution in [1.29, 1.82) is 0 Å². The predicted molar refractivity (Wildman–Crippen MR) is 80.3 cm³/mol. The van der Waals surface area contributed by atoms with Crippen LogP contribution in [-0.2, 0) is 13.0 Å². The van der Waals surface area contributed by atoms with Gasteiger partial charge >= 0.3 is 0 Å². The molecule has 0 aromatic carbocycles. The molecule has 0 spiro atoms. The van der Waals surface area contributed by atoms with Crippen LogP contribution in [-0.4, -0.2) is 16.1 Å². The van der Waals surface area contributed by atoms with E-state index >= 15 is 0 Å². The summed E-state index contributed by atoms with van der Waals surface area (Å²) < 4.78 is 1.04. The van der Waals surface area contributed by atoms with Crippen molar-refractivity contribution >= 4 is 33.2 Å². The molecule has 4 nitrogen and oxygen atoms in total. The number of H-pyrrole nitrogens is 1. The number of thiophene rings is 1. The molecule has 19 heavy (non-hydrogen) atoms. The van der Waals surface area contributed by atoms with E-state index in [9.17, 15) is 4.79 Å². The fourth-order valence-corrected chi connectivity index (χ4v) is 3.12. The van der Waals surface area contributed by atoms with E-state index in [-0.39, 0.29) is 5.91 Å². The van der Waals surface area contributed by atoms with Crippen LogP contribution in [0.2, 0.25) is 0 Å². The Morgan fingerprint density at radius 2 is 2.32 bits per heavy atom. The highest BCUT2D eigenvalue weighted by Gasteiger charge is 2.11. The van der Waals surface area contributed by atoms with E-state index in [4.69, 9.17) is 0 Å². The van der Waals surface area contributed by atoms with Crippen molar-refractivity contribution in [2.24, 2.45) is 5.92 Å². The summed E-state index contributed by atoms with van der Waals surface area (Å²) in [7, 11) is 0. The van der Waals surface area contributed by atoms with Crippen molar-refractivity contribution in [2.45, 2.75) is 26.8 Å². The van der Waals surface area contributed by atoms with Crippen LogP contribution in [0.25, 0.3) is 0 Å². The number of nitrogens with zero attached hydrogens (tertiary/aromatic N) is 1. The molecule has 2 rings (SSSR count). The predicted octanol–water partition coefficient (Wildman–Crippen LogP) is 3.36. The Morgan fingerprint density at radius 3 is 2.95 bits per heavy atom. The maximum absolute atomic E-state index is 11.9. The first-order valence-corrected chi connectivity index (χ1v) is 7.77. The molecule has 0 aliphatic rings. The molecule has 6 heteroatoms. The van der Waals surface area contributed by atoms with Crippen LogP contribution in [0.5, 0.6) is 0 Å². The molecule has 0 saturated carbocycles. The van der Waals surface area contributed by atoms with Crippen molar-refractivity contribution in [2.75, 3.05) is 0 Å². The van der Waals surface area contributed by atoms with Crippen molar-refractivity contribution < 1.29 is 4.79 Å². The SMILES string of the molecule is CC(C)Cc1cc(C(=O)NCc2cc(Br)cs2)n[nH]1. The third-order valence-electron chi connectivity index (χ3n) is 2.54. The number of nitrogens with one attached hydrogen (secondary N) is 2. The Morgan fingerprint density at radius 1 is 1.53 bits per heavy atom. The van der Waals surface area contributed by atoms with Crippen LogP contribution in [0, 0.1) is 5.92 Å². The average molecular weight is 342 g/mol. The zero-order chi connectivity index (χ0) is 13.8. The van der Waals surface area contributed by atoms with E-state index in [1.807, 2.05) is 17.5 Å². The number of aromatic nitrogens is 2.